The topological polar surface area (TPSA) is 58.4 Å². The molecule has 142 valence electrons. The Balaban J connectivity index is 1.41. The van der Waals surface area contributed by atoms with Crippen molar-refractivity contribution in [2.75, 3.05) is 20.1 Å². The monoisotopic (exact) mass is 366 g/mol. The molecular formula is C21H26N4O2. The summed E-state index contributed by atoms with van der Waals surface area (Å²) in [5, 5.41) is 4.29. The molecule has 6 nitrogen and oxygen atoms in total. The lowest BCUT2D eigenvalue weighted by atomic mass is 9.85. The highest BCUT2D eigenvalue weighted by atomic mass is 16.2. The molecule has 1 saturated heterocycles. The van der Waals surface area contributed by atoms with Gasteiger partial charge in [-0.2, -0.15) is 5.10 Å². The van der Waals surface area contributed by atoms with Crippen LogP contribution in [0.1, 0.15) is 37.7 Å². The normalized spacial score (nSPS) is 18.4. The van der Waals surface area contributed by atoms with Crippen LogP contribution in [0, 0.1) is 5.41 Å². The summed E-state index contributed by atoms with van der Waals surface area (Å²) in [6, 6.07) is 9.81. The molecule has 1 aromatic heterocycles. The highest BCUT2D eigenvalue weighted by Crippen LogP contribution is 2.45. The Morgan fingerprint density at radius 3 is 2.74 bits per heavy atom. The fourth-order valence-electron chi connectivity index (χ4n) is 4.49. The third-order valence-corrected chi connectivity index (χ3v) is 5.97. The summed E-state index contributed by atoms with van der Waals surface area (Å²) in [6.45, 7) is 1.42. The number of likely N-dealkylation sites (N-methyl/N-ethyl adjacent to an activating group) is 1. The lowest BCUT2D eigenvalue weighted by Crippen LogP contribution is -2.39. The molecule has 1 aliphatic heterocycles. The van der Waals surface area contributed by atoms with Gasteiger partial charge in [0.15, 0.2) is 0 Å². The number of para-hydroxylation sites is 1. The van der Waals surface area contributed by atoms with Crippen LogP contribution in [0.2, 0.25) is 0 Å². The van der Waals surface area contributed by atoms with E-state index < -0.39 is 0 Å². The van der Waals surface area contributed by atoms with Gasteiger partial charge in [-0.1, -0.05) is 31.0 Å². The molecule has 0 unspecified atom stereocenters. The van der Waals surface area contributed by atoms with Crippen molar-refractivity contribution in [1.82, 2.24) is 19.6 Å². The number of carbonyl (C=O) groups is 2. The molecule has 0 bridgehead atoms. The highest BCUT2D eigenvalue weighted by Gasteiger charge is 2.45. The summed E-state index contributed by atoms with van der Waals surface area (Å²) in [5.74, 6) is 0.115. The van der Waals surface area contributed by atoms with Crippen LogP contribution in [-0.4, -0.2) is 51.5 Å². The second kappa shape index (κ2) is 7.18. The van der Waals surface area contributed by atoms with Crippen LogP contribution in [0.3, 0.4) is 0 Å². The number of nitrogens with zero attached hydrogens (tertiary/aromatic N) is 4. The molecule has 2 fully saturated rings. The molecule has 0 N–H and O–H groups in total. The van der Waals surface area contributed by atoms with E-state index in [0.717, 1.165) is 30.6 Å². The van der Waals surface area contributed by atoms with Crippen molar-refractivity contribution >= 4 is 11.8 Å². The number of benzene rings is 1. The van der Waals surface area contributed by atoms with Crippen LogP contribution >= 0.6 is 0 Å². The molecule has 0 radical (unpaired) electrons. The van der Waals surface area contributed by atoms with Gasteiger partial charge in [0.25, 0.3) is 0 Å². The van der Waals surface area contributed by atoms with E-state index in [4.69, 9.17) is 0 Å². The summed E-state index contributed by atoms with van der Waals surface area (Å²) in [5.41, 5.74) is 2.13. The fourth-order valence-corrected chi connectivity index (χ4v) is 4.49. The van der Waals surface area contributed by atoms with Gasteiger partial charge in [-0.05, 0) is 36.0 Å². The van der Waals surface area contributed by atoms with E-state index in [2.05, 4.69) is 5.10 Å². The molecule has 2 heterocycles. The van der Waals surface area contributed by atoms with E-state index in [0.29, 0.717) is 13.0 Å². The first-order valence-corrected chi connectivity index (χ1v) is 9.66. The van der Waals surface area contributed by atoms with Crippen molar-refractivity contribution in [2.45, 2.75) is 38.6 Å². The Morgan fingerprint density at radius 2 is 2.00 bits per heavy atom. The third-order valence-electron chi connectivity index (χ3n) is 5.97. The summed E-state index contributed by atoms with van der Waals surface area (Å²) in [7, 11) is 1.80. The van der Waals surface area contributed by atoms with Crippen molar-refractivity contribution in [3.05, 3.63) is 48.3 Å². The minimum Gasteiger partial charge on any atom is -0.340 e. The zero-order valence-electron chi connectivity index (χ0n) is 15.8. The molecule has 1 saturated carbocycles. The van der Waals surface area contributed by atoms with Crippen LogP contribution in [0.15, 0.2) is 42.7 Å². The summed E-state index contributed by atoms with van der Waals surface area (Å²) < 4.78 is 1.81. The van der Waals surface area contributed by atoms with Crippen molar-refractivity contribution in [2.24, 2.45) is 5.41 Å². The van der Waals surface area contributed by atoms with Gasteiger partial charge in [-0.25, -0.2) is 4.68 Å². The second-order valence-electron chi connectivity index (χ2n) is 7.96. The average molecular weight is 366 g/mol. The molecule has 1 aromatic carbocycles. The van der Waals surface area contributed by atoms with E-state index >= 15 is 0 Å². The molecule has 1 spiro atoms. The predicted octanol–water partition coefficient (Wildman–Crippen LogP) is 2.62. The van der Waals surface area contributed by atoms with Crippen molar-refractivity contribution < 1.29 is 9.59 Å². The molecule has 2 aliphatic rings. The van der Waals surface area contributed by atoms with Gasteiger partial charge in [-0.3, -0.25) is 9.59 Å². The predicted molar refractivity (Wildman–Crippen MR) is 102 cm³/mol. The second-order valence-corrected chi connectivity index (χ2v) is 7.96. The number of amides is 2. The molecule has 27 heavy (non-hydrogen) atoms. The Bertz CT molecular complexity index is 824. The van der Waals surface area contributed by atoms with Gasteiger partial charge in [0.2, 0.25) is 11.8 Å². The van der Waals surface area contributed by atoms with Gasteiger partial charge in [-0.15, -0.1) is 0 Å². The first-order valence-electron chi connectivity index (χ1n) is 9.66. The lowest BCUT2D eigenvalue weighted by Gasteiger charge is -2.25. The molecule has 1 aliphatic carbocycles. The SMILES string of the molecule is CN(Cc1ccccc1-n1cccn1)C(=O)CN1CC2(CCCC2)CC1=O. The molecule has 2 aromatic rings. The average Bonchev–Trinajstić information content (AvgIpc) is 3.39. The van der Waals surface area contributed by atoms with Crippen molar-refractivity contribution in [3.8, 4) is 5.69 Å². The Labute approximate surface area is 159 Å². The summed E-state index contributed by atoms with van der Waals surface area (Å²) in [6.07, 6.45) is 8.91. The minimum absolute atomic E-state index is 0.0198. The largest absolute Gasteiger partial charge is 0.340 e. The van der Waals surface area contributed by atoms with Gasteiger partial charge in [0, 0.05) is 39.0 Å². The van der Waals surface area contributed by atoms with E-state index in [1.54, 1.807) is 23.0 Å². The van der Waals surface area contributed by atoms with Gasteiger partial charge in [0.05, 0.1) is 12.2 Å². The lowest BCUT2D eigenvalue weighted by molar-refractivity contribution is -0.137. The number of rotatable bonds is 5. The number of hydrogen-bond donors (Lipinski definition) is 0. The zero-order valence-corrected chi connectivity index (χ0v) is 15.8. The fraction of sp³-hybridized carbons (Fsp3) is 0.476. The molecule has 2 amide bonds. The number of hydrogen-bond acceptors (Lipinski definition) is 3. The highest BCUT2D eigenvalue weighted by molar-refractivity contribution is 5.86. The van der Waals surface area contributed by atoms with E-state index in [1.165, 1.54) is 12.8 Å². The van der Waals surface area contributed by atoms with Crippen LogP contribution in [0.4, 0.5) is 0 Å². The Kier molecular flexibility index (Phi) is 4.72. The van der Waals surface area contributed by atoms with Crippen LogP contribution in [0.25, 0.3) is 5.69 Å². The van der Waals surface area contributed by atoms with Gasteiger partial charge >= 0.3 is 0 Å². The molecule has 4 rings (SSSR count). The number of likely N-dealkylation sites (tertiary alicyclic amines) is 1. The zero-order chi connectivity index (χ0) is 18.9. The standard InChI is InChI=1S/C21H26N4O2/c1-23(14-17-7-2-3-8-18(17)25-12-6-11-22-25)20(27)15-24-16-21(13-19(24)26)9-4-5-10-21/h2-3,6-8,11-12H,4-5,9-10,13-16H2,1H3. The summed E-state index contributed by atoms with van der Waals surface area (Å²) in [4.78, 5) is 28.6. The van der Waals surface area contributed by atoms with E-state index in [-0.39, 0.29) is 23.8 Å². The molecule has 0 atom stereocenters. The quantitative estimate of drug-likeness (QED) is 0.817. The van der Waals surface area contributed by atoms with Gasteiger partial charge < -0.3 is 9.80 Å². The van der Waals surface area contributed by atoms with E-state index in [9.17, 15) is 9.59 Å². The van der Waals surface area contributed by atoms with E-state index in [1.807, 2.05) is 41.2 Å². The first kappa shape index (κ1) is 17.8. The van der Waals surface area contributed by atoms with Crippen LogP contribution < -0.4 is 0 Å². The molecular weight excluding hydrogens is 340 g/mol. The van der Waals surface area contributed by atoms with Crippen molar-refractivity contribution in [1.29, 1.82) is 0 Å². The first-order chi connectivity index (χ1) is 13.1. The number of carbonyl (C=O) groups excluding carboxylic acids is 2. The van der Waals surface area contributed by atoms with Crippen LogP contribution in [-0.2, 0) is 16.1 Å². The maximum absolute atomic E-state index is 12.8. The molecule has 6 heteroatoms. The maximum Gasteiger partial charge on any atom is 0.242 e. The number of aromatic nitrogens is 2. The minimum atomic E-state index is -0.0198. The van der Waals surface area contributed by atoms with Crippen molar-refractivity contribution in [3.63, 3.8) is 0 Å². The smallest absolute Gasteiger partial charge is 0.242 e. The Hall–Kier alpha value is -2.63. The maximum atomic E-state index is 12.8. The Morgan fingerprint density at radius 1 is 1.22 bits per heavy atom. The van der Waals surface area contributed by atoms with Gasteiger partial charge in [0.1, 0.15) is 0 Å². The third kappa shape index (κ3) is 3.61. The summed E-state index contributed by atoms with van der Waals surface area (Å²) >= 11 is 0. The van der Waals surface area contributed by atoms with Crippen LogP contribution in [0.5, 0.6) is 0 Å².